The highest BCUT2D eigenvalue weighted by atomic mass is 15.3. The van der Waals surface area contributed by atoms with Gasteiger partial charge in [-0.3, -0.25) is 34.9 Å². The second-order valence-corrected chi connectivity index (χ2v) is 16.8. The van der Waals surface area contributed by atoms with Crippen LogP contribution in [0.25, 0.3) is 49.9 Å². The molecule has 12 heterocycles. The number of fused-ring (bicyclic) bond motifs is 6. The van der Waals surface area contributed by atoms with Crippen molar-refractivity contribution in [2.24, 2.45) is 0 Å². The second-order valence-electron chi connectivity index (χ2n) is 16.8. The summed E-state index contributed by atoms with van der Waals surface area (Å²) in [6.07, 6.45) is 17.2. The molecule has 0 aliphatic rings. The van der Waals surface area contributed by atoms with E-state index in [0.29, 0.717) is 0 Å². The van der Waals surface area contributed by atoms with Crippen molar-refractivity contribution in [3.63, 3.8) is 0 Å². The van der Waals surface area contributed by atoms with Gasteiger partial charge < -0.3 is 0 Å². The Bertz CT molecular complexity index is 3290. The maximum Gasteiger partial charge on any atom is 0.177 e. The Morgan fingerprint density at radius 1 is 0.362 bits per heavy atom. The molecule has 0 aromatic carbocycles. The van der Waals surface area contributed by atoms with E-state index in [4.69, 9.17) is 0 Å². The van der Waals surface area contributed by atoms with Gasteiger partial charge in [0.25, 0.3) is 0 Å². The quantitative estimate of drug-likeness (QED) is 0.138. The van der Waals surface area contributed by atoms with Crippen LogP contribution in [-0.2, 0) is 38.5 Å². The fraction of sp³-hybridized carbons (Fsp3) is 0.235. The molecule has 12 rings (SSSR count). The Morgan fingerprint density at radius 3 is 1.39 bits per heavy atom. The van der Waals surface area contributed by atoms with Gasteiger partial charge in [0.1, 0.15) is 0 Å². The predicted molar refractivity (Wildman–Crippen MR) is 262 cm³/mol. The Kier molecular flexibility index (Phi) is 12.3. The monoisotopic (exact) mass is 912 g/mol. The SMILES string of the molecule is Cc1ncc(C)n2nc(CCc3ccc4cccnc4n3)nc12.Cc1ncc(C)n2nc(CCc3ccc4ccncc4n3)nc12.Cc1ncc(C)n2nc(CCc3ccc4ncccc4n3)nc12. The molecular formula is C51H48N18. The standard InChI is InChI=1S/3C17H16N6/c1-11-10-19-12(2)17-21-16(22-23(11)17)8-6-13-5-7-14-15(20-13)4-3-9-18-14;1-11-9-19-12(2)17-21-16(22-23(11)17)6-5-14-4-3-13-7-8-18-10-15(13)20-14;1-11-10-19-12(2)17-21-15(22-23(11)17)8-7-14-6-5-13-4-3-9-18-16(13)20-14/h3-5,7,9-10H,6,8H2,1-2H3;3-4,7-10H,5-6H2,1-2H3;3-6,9-10H,7-8H2,1-2H3. The van der Waals surface area contributed by atoms with Gasteiger partial charge >= 0.3 is 0 Å². The van der Waals surface area contributed by atoms with Crippen LogP contribution in [0.1, 0.15) is 68.7 Å². The third kappa shape index (κ3) is 9.76. The first-order valence-corrected chi connectivity index (χ1v) is 22.8. The minimum Gasteiger partial charge on any atom is -0.262 e. The molecule has 0 spiro atoms. The number of nitrogens with zero attached hydrogens (tertiary/aromatic N) is 18. The summed E-state index contributed by atoms with van der Waals surface area (Å²) in [5.74, 6) is 2.45. The first-order valence-electron chi connectivity index (χ1n) is 22.8. The van der Waals surface area contributed by atoms with Gasteiger partial charge in [-0.15, -0.1) is 0 Å². The van der Waals surface area contributed by atoms with Crippen LogP contribution in [0.4, 0.5) is 0 Å². The minimum atomic E-state index is 0.742. The van der Waals surface area contributed by atoms with E-state index in [-0.39, 0.29) is 0 Å². The van der Waals surface area contributed by atoms with Crippen LogP contribution in [0.3, 0.4) is 0 Å². The molecular weight excluding hydrogens is 865 g/mol. The van der Waals surface area contributed by atoms with E-state index in [1.54, 1.807) is 24.8 Å². The molecule has 0 aliphatic heterocycles. The van der Waals surface area contributed by atoms with Gasteiger partial charge in [-0.25, -0.2) is 38.5 Å². The van der Waals surface area contributed by atoms with E-state index >= 15 is 0 Å². The van der Waals surface area contributed by atoms with Crippen molar-refractivity contribution in [3.05, 3.63) is 179 Å². The smallest absolute Gasteiger partial charge is 0.177 e. The van der Waals surface area contributed by atoms with Crippen LogP contribution in [0, 0.1) is 41.5 Å². The Balaban J connectivity index is 0.000000120. The van der Waals surface area contributed by atoms with Crippen molar-refractivity contribution in [2.45, 2.75) is 80.1 Å². The fourth-order valence-electron chi connectivity index (χ4n) is 7.87. The molecule has 18 heteroatoms. The number of aromatic nitrogens is 18. The van der Waals surface area contributed by atoms with Crippen LogP contribution in [0.5, 0.6) is 0 Å². The molecule has 0 unspecified atom stereocenters. The van der Waals surface area contributed by atoms with Crippen LogP contribution in [0.15, 0.2) is 110 Å². The zero-order valence-corrected chi connectivity index (χ0v) is 39.2. The van der Waals surface area contributed by atoms with E-state index in [0.717, 1.165) is 157 Å². The summed E-state index contributed by atoms with van der Waals surface area (Å²) < 4.78 is 5.57. The van der Waals surface area contributed by atoms with Gasteiger partial charge in [0.05, 0.1) is 56.9 Å². The molecule has 0 bridgehead atoms. The lowest BCUT2D eigenvalue weighted by molar-refractivity contribution is 0.807. The van der Waals surface area contributed by atoms with Crippen LogP contribution in [-0.4, -0.2) is 88.6 Å². The minimum absolute atomic E-state index is 0.742. The molecule has 18 nitrogen and oxygen atoms in total. The molecule has 342 valence electrons. The zero-order chi connectivity index (χ0) is 47.4. The molecule has 0 saturated carbocycles. The average molecular weight is 913 g/mol. The van der Waals surface area contributed by atoms with Crippen LogP contribution in [0.2, 0.25) is 0 Å². The molecule has 12 aromatic heterocycles. The number of aryl methyl sites for hydroxylation is 12. The third-order valence-corrected chi connectivity index (χ3v) is 11.7. The fourth-order valence-corrected chi connectivity index (χ4v) is 7.87. The summed E-state index contributed by atoms with van der Waals surface area (Å²) in [7, 11) is 0. The lowest BCUT2D eigenvalue weighted by atomic mass is 10.2. The lowest BCUT2D eigenvalue weighted by Gasteiger charge is -2.01. The summed E-state index contributed by atoms with van der Waals surface area (Å²) in [4.78, 5) is 53.4. The predicted octanol–water partition coefficient (Wildman–Crippen LogP) is 7.41. The molecule has 0 atom stereocenters. The van der Waals surface area contributed by atoms with E-state index in [1.807, 2.05) is 122 Å². The van der Waals surface area contributed by atoms with Crippen molar-refractivity contribution in [1.82, 2.24) is 88.6 Å². The summed E-state index contributed by atoms with van der Waals surface area (Å²) in [5, 5.41) is 15.9. The van der Waals surface area contributed by atoms with Crippen molar-refractivity contribution < 1.29 is 0 Å². The van der Waals surface area contributed by atoms with Crippen molar-refractivity contribution >= 4 is 49.9 Å². The maximum absolute atomic E-state index is 4.64. The van der Waals surface area contributed by atoms with Crippen LogP contribution >= 0.6 is 0 Å². The van der Waals surface area contributed by atoms with Gasteiger partial charge in [-0.05, 0) is 121 Å². The van der Waals surface area contributed by atoms with E-state index in [2.05, 4.69) is 93.3 Å². The van der Waals surface area contributed by atoms with Gasteiger partial charge in [0.15, 0.2) is 40.1 Å². The van der Waals surface area contributed by atoms with E-state index in [9.17, 15) is 0 Å². The molecule has 0 aliphatic carbocycles. The Morgan fingerprint density at radius 2 is 0.841 bits per heavy atom. The molecule has 0 saturated heterocycles. The number of rotatable bonds is 9. The van der Waals surface area contributed by atoms with Gasteiger partial charge in [-0.1, -0.05) is 6.07 Å². The topological polar surface area (TPSA) is 207 Å². The van der Waals surface area contributed by atoms with Gasteiger partial charge in [0, 0.05) is 84.3 Å². The molecule has 69 heavy (non-hydrogen) atoms. The summed E-state index contributed by atoms with van der Waals surface area (Å²) in [6.45, 7) is 11.8. The Hall–Kier alpha value is -8.67. The van der Waals surface area contributed by atoms with Crippen molar-refractivity contribution in [1.29, 1.82) is 0 Å². The van der Waals surface area contributed by atoms with Gasteiger partial charge in [-0.2, -0.15) is 15.3 Å². The Labute approximate surface area is 396 Å². The largest absolute Gasteiger partial charge is 0.262 e. The molecule has 0 radical (unpaired) electrons. The number of pyridine rings is 6. The summed E-state index contributed by atoms with van der Waals surface area (Å²) in [5.41, 5.74) is 14.7. The number of hydrogen-bond acceptors (Lipinski definition) is 15. The van der Waals surface area contributed by atoms with Crippen molar-refractivity contribution in [2.75, 3.05) is 0 Å². The van der Waals surface area contributed by atoms with Gasteiger partial charge in [0.2, 0.25) is 0 Å². The molecule has 12 aromatic rings. The van der Waals surface area contributed by atoms with E-state index in [1.165, 1.54) is 0 Å². The highest BCUT2D eigenvalue weighted by Crippen LogP contribution is 2.16. The average Bonchev–Trinajstić information content (AvgIpc) is 4.15. The first-order chi connectivity index (χ1) is 33.6. The van der Waals surface area contributed by atoms with Crippen molar-refractivity contribution in [3.8, 4) is 0 Å². The second kappa shape index (κ2) is 19.3. The van der Waals surface area contributed by atoms with Crippen LogP contribution < -0.4 is 0 Å². The first kappa shape index (κ1) is 44.2. The highest BCUT2D eigenvalue weighted by Gasteiger charge is 2.13. The molecule has 0 amide bonds. The number of hydrogen-bond donors (Lipinski definition) is 0. The highest BCUT2D eigenvalue weighted by molar-refractivity contribution is 5.77. The maximum atomic E-state index is 4.64. The summed E-state index contributed by atoms with van der Waals surface area (Å²) >= 11 is 0. The third-order valence-electron chi connectivity index (χ3n) is 11.7. The molecule has 0 fully saturated rings. The molecule has 0 N–H and O–H groups in total. The van der Waals surface area contributed by atoms with E-state index < -0.39 is 0 Å². The normalized spacial score (nSPS) is 11.4. The summed E-state index contributed by atoms with van der Waals surface area (Å²) in [6, 6.07) is 22.0. The lowest BCUT2D eigenvalue weighted by Crippen LogP contribution is -1.99. The zero-order valence-electron chi connectivity index (χ0n) is 39.2.